The van der Waals surface area contributed by atoms with Crippen LogP contribution in [0.4, 0.5) is 0 Å². The van der Waals surface area contributed by atoms with Crippen molar-refractivity contribution in [1.29, 1.82) is 0 Å². The van der Waals surface area contributed by atoms with E-state index in [1.54, 1.807) is 0 Å². The summed E-state index contributed by atoms with van der Waals surface area (Å²) in [5, 5.41) is 23.8. The molecule has 0 fully saturated rings. The van der Waals surface area contributed by atoms with Gasteiger partial charge in [-0.25, -0.2) is 0 Å². The Morgan fingerprint density at radius 3 is 0.854 bits per heavy atom. The molecule has 0 aliphatic carbocycles. The minimum absolute atomic E-state index is 1.27. The van der Waals surface area contributed by atoms with E-state index in [0.717, 1.165) is 0 Å². The topological polar surface area (TPSA) is 0 Å². The highest BCUT2D eigenvalue weighted by Crippen LogP contribution is 2.46. The lowest BCUT2D eigenvalue weighted by Crippen LogP contribution is -1.92. The lowest BCUT2D eigenvalue weighted by Gasteiger charge is -2.19. The van der Waals surface area contributed by atoms with E-state index >= 15 is 0 Å². The fraction of sp³-hybridized carbons (Fsp3) is 0. The zero-order valence-corrected chi connectivity index (χ0v) is 26.0. The summed E-state index contributed by atoms with van der Waals surface area (Å²) in [6.45, 7) is 0. The van der Waals surface area contributed by atoms with Crippen LogP contribution >= 0.6 is 0 Å². The standard InChI is InChI=1S/C48H26/c1-5-27-13-17-33-21-37(22-34-18-14-28(6-1)43(27)45(33)34)41-25-31-9-4-12-40-42(26-32-10-3-11-39(41)47(32)48(31)40)38-23-35-19-15-29-7-2-8-30-16-20-36(24-38)46(35)44(29)30/h1-26H. The van der Waals surface area contributed by atoms with Crippen LogP contribution in [-0.2, 0) is 0 Å². The molecule has 48 heavy (non-hydrogen) atoms. The lowest BCUT2D eigenvalue weighted by atomic mass is 9.84. The molecule has 0 bridgehead atoms. The average molecular weight is 603 g/mol. The van der Waals surface area contributed by atoms with Crippen molar-refractivity contribution >= 4 is 97.0 Å². The summed E-state index contributed by atoms with van der Waals surface area (Å²) >= 11 is 0. The Hall–Kier alpha value is -6.24. The number of hydrogen-bond acceptors (Lipinski definition) is 0. The first-order valence-electron chi connectivity index (χ1n) is 16.8. The molecule has 0 spiro atoms. The maximum atomic E-state index is 2.43. The van der Waals surface area contributed by atoms with Gasteiger partial charge in [0, 0.05) is 0 Å². The molecule has 0 saturated heterocycles. The second-order valence-electron chi connectivity index (χ2n) is 13.7. The molecule has 12 aromatic carbocycles. The molecule has 0 saturated carbocycles. The molecule has 0 aliphatic heterocycles. The Bertz CT molecular complexity index is 2920. The summed E-state index contributed by atoms with van der Waals surface area (Å²) in [6, 6.07) is 59.7. The molecule has 12 aromatic rings. The highest BCUT2D eigenvalue weighted by Gasteiger charge is 2.19. The van der Waals surface area contributed by atoms with Crippen LogP contribution in [-0.4, -0.2) is 0 Å². The third-order valence-corrected chi connectivity index (χ3v) is 11.2. The van der Waals surface area contributed by atoms with E-state index in [-0.39, 0.29) is 0 Å². The van der Waals surface area contributed by atoms with Crippen molar-refractivity contribution in [1.82, 2.24) is 0 Å². The monoisotopic (exact) mass is 602 g/mol. The highest BCUT2D eigenvalue weighted by molar-refractivity contribution is 6.31. The maximum absolute atomic E-state index is 2.43. The van der Waals surface area contributed by atoms with E-state index in [1.807, 2.05) is 0 Å². The van der Waals surface area contributed by atoms with Crippen molar-refractivity contribution in [2.75, 3.05) is 0 Å². The van der Waals surface area contributed by atoms with E-state index in [1.165, 1.54) is 119 Å². The van der Waals surface area contributed by atoms with Crippen LogP contribution in [0.1, 0.15) is 0 Å². The van der Waals surface area contributed by atoms with Gasteiger partial charge in [0.15, 0.2) is 0 Å². The summed E-state index contributed by atoms with van der Waals surface area (Å²) in [5.74, 6) is 0. The molecular formula is C48H26. The van der Waals surface area contributed by atoms with E-state index in [9.17, 15) is 0 Å². The molecule has 0 amide bonds. The first-order valence-corrected chi connectivity index (χ1v) is 16.8. The number of benzene rings is 12. The van der Waals surface area contributed by atoms with Crippen molar-refractivity contribution in [3.05, 3.63) is 158 Å². The first kappa shape index (κ1) is 24.9. The van der Waals surface area contributed by atoms with Crippen molar-refractivity contribution < 1.29 is 0 Å². The fourth-order valence-corrected chi connectivity index (χ4v) is 9.15. The van der Waals surface area contributed by atoms with Gasteiger partial charge in [0.05, 0.1) is 0 Å². The number of hydrogen-bond donors (Lipinski definition) is 0. The normalized spacial score (nSPS) is 12.6. The van der Waals surface area contributed by atoms with Gasteiger partial charge in [-0.2, -0.15) is 0 Å². The van der Waals surface area contributed by atoms with Crippen molar-refractivity contribution in [3.63, 3.8) is 0 Å². The van der Waals surface area contributed by atoms with Gasteiger partial charge in [0.1, 0.15) is 0 Å². The summed E-state index contributed by atoms with van der Waals surface area (Å²) in [5.41, 5.74) is 5.13. The van der Waals surface area contributed by atoms with Crippen LogP contribution in [0.2, 0.25) is 0 Å². The van der Waals surface area contributed by atoms with Crippen LogP contribution in [0.25, 0.3) is 119 Å². The molecule has 0 nitrogen and oxygen atoms in total. The highest BCUT2D eigenvalue weighted by atomic mass is 14.2. The smallest absolute Gasteiger partial charge is 0.00201 e. The van der Waals surface area contributed by atoms with Crippen molar-refractivity contribution in [2.45, 2.75) is 0 Å². The van der Waals surface area contributed by atoms with Gasteiger partial charge in [-0.1, -0.05) is 121 Å². The minimum atomic E-state index is 1.27. The van der Waals surface area contributed by atoms with Gasteiger partial charge >= 0.3 is 0 Å². The van der Waals surface area contributed by atoms with Crippen LogP contribution < -0.4 is 0 Å². The Morgan fingerprint density at radius 2 is 0.479 bits per heavy atom. The second-order valence-corrected chi connectivity index (χ2v) is 13.7. The van der Waals surface area contributed by atoms with Crippen molar-refractivity contribution in [2.24, 2.45) is 0 Å². The fourth-order valence-electron chi connectivity index (χ4n) is 9.15. The van der Waals surface area contributed by atoms with Crippen molar-refractivity contribution in [3.8, 4) is 22.3 Å². The summed E-state index contributed by atoms with van der Waals surface area (Å²) in [4.78, 5) is 0. The van der Waals surface area contributed by atoms with Gasteiger partial charge in [-0.05, 0) is 156 Å². The predicted octanol–water partition coefficient (Wildman–Crippen LogP) is 13.7. The molecule has 0 aromatic heterocycles. The molecule has 0 radical (unpaired) electrons. The Balaban J connectivity index is 1.13. The Kier molecular flexibility index (Phi) is 4.55. The average Bonchev–Trinajstić information content (AvgIpc) is 3.14. The van der Waals surface area contributed by atoms with E-state index in [0.29, 0.717) is 0 Å². The van der Waals surface area contributed by atoms with E-state index in [2.05, 4.69) is 158 Å². The molecule has 0 aliphatic rings. The summed E-state index contributed by atoms with van der Waals surface area (Å²) in [6.07, 6.45) is 0. The molecule has 0 N–H and O–H groups in total. The molecule has 0 atom stereocenters. The minimum Gasteiger partial charge on any atom is -0.0610 e. The van der Waals surface area contributed by atoms with E-state index in [4.69, 9.17) is 0 Å². The first-order chi connectivity index (χ1) is 23.8. The zero-order valence-electron chi connectivity index (χ0n) is 26.0. The van der Waals surface area contributed by atoms with E-state index < -0.39 is 0 Å². The van der Waals surface area contributed by atoms with Crippen LogP contribution in [0.5, 0.6) is 0 Å². The lowest BCUT2D eigenvalue weighted by molar-refractivity contribution is 1.70. The molecule has 12 rings (SSSR count). The van der Waals surface area contributed by atoms with Crippen LogP contribution in [0, 0.1) is 0 Å². The Morgan fingerprint density at radius 1 is 0.208 bits per heavy atom. The van der Waals surface area contributed by atoms with Crippen LogP contribution in [0.15, 0.2) is 158 Å². The largest absolute Gasteiger partial charge is 0.0610 e. The molecular weight excluding hydrogens is 577 g/mol. The SMILES string of the molecule is c1cc2ccc3cc(-c4cc5cccc6c(-c7cc8ccc9cccc%10ccc(c7)c8c9%10)cc7cccc4c7c56)cc4ccc(c1)c2c34. The summed E-state index contributed by atoms with van der Waals surface area (Å²) < 4.78 is 0. The quantitative estimate of drug-likeness (QED) is 0.173. The van der Waals surface area contributed by atoms with Gasteiger partial charge in [0.25, 0.3) is 0 Å². The summed E-state index contributed by atoms with van der Waals surface area (Å²) in [7, 11) is 0. The van der Waals surface area contributed by atoms with Gasteiger partial charge < -0.3 is 0 Å². The number of rotatable bonds is 2. The third kappa shape index (κ3) is 3.15. The molecule has 218 valence electrons. The molecule has 0 heterocycles. The Labute approximate surface area is 276 Å². The van der Waals surface area contributed by atoms with Crippen LogP contribution in [0.3, 0.4) is 0 Å². The third-order valence-electron chi connectivity index (χ3n) is 11.2. The zero-order chi connectivity index (χ0) is 31.1. The predicted molar refractivity (Wildman–Crippen MR) is 208 cm³/mol. The molecule has 0 unspecified atom stereocenters. The van der Waals surface area contributed by atoms with Gasteiger partial charge in [-0.3, -0.25) is 0 Å². The molecule has 0 heteroatoms. The second kappa shape index (κ2) is 8.76. The maximum Gasteiger partial charge on any atom is -0.00201 e. The van der Waals surface area contributed by atoms with Gasteiger partial charge in [-0.15, -0.1) is 0 Å². The van der Waals surface area contributed by atoms with Gasteiger partial charge in [0.2, 0.25) is 0 Å².